The number of methoxy groups -OCH3 is 1. The molecule has 2 amide bonds. The van der Waals surface area contributed by atoms with Gasteiger partial charge in [-0.05, 0) is 56.7 Å². The highest BCUT2D eigenvalue weighted by molar-refractivity contribution is 5.74. The summed E-state index contributed by atoms with van der Waals surface area (Å²) >= 11 is 0. The average molecular weight is 362 g/mol. The third-order valence-corrected chi connectivity index (χ3v) is 5.49. The Balaban J connectivity index is 1.69. The molecule has 2 fully saturated rings. The van der Waals surface area contributed by atoms with E-state index < -0.39 is 11.6 Å². The molecule has 0 spiro atoms. The second kappa shape index (κ2) is 7.84. The number of carbonyl (C=O) groups is 1. The molecule has 0 radical (unpaired) electrons. The Hall–Kier alpha value is -1.79. The van der Waals surface area contributed by atoms with Gasteiger partial charge in [0.15, 0.2) is 0 Å². The highest BCUT2D eigenvalue weighted by atomic mass is 16.5. The molecule has 1 aliphatic carbocycles. The number of hydrogen-bond acceptors (Lipinski definition) is 4. The molecule has 6 heteroatoms. The maximum atomic E-state index is 12.3. The van der Waals surface area contributed by atoms with E-state index in [9.17, 15) is 4.79 Å². The Kier molecular flexibility index (Phi) is 5.73. The third-order valence-electron chi connectivity index (χ3n) is 5.49. The van der Waals surface area contributed by atoms with Crippen molar-refractivity contribution >= 4 is 6.03 Å². The summed E-state index contributed by atoms with van der Waals surface area (Å²) in [7, 11) is 1.63. The Labute approximate surface area is 155 Å². The van der Waals surface area contributed by atoms with E-state index in [1.807, 2.05) is 38.1 Å². The van der Waals surface area contributed by atoms with E-state index in [0.717, 1.165) is 30.3 Å². The molecule has 2 unspecified atom stereocenters. The first-order valence-electron chi connectivity index (χ1n) is 9.35. The van der Waals surface area contributed by atoms with Gasteiger partial charge in [0.2, 0.25) is 0 Å². The molecule has 2 atom stereocenters. The van der Waals surface area contributed by atoms with Crippen molar-refractivity contribution in [3.05, 3.63) is 29.8 Å². The van der Waals surface area contributed by atoms with Crippen molar-refractivity contribution in [1.82, 2.24) is 4.90 Å². The maximum absolute atomic E-state index is 12.3. The highest BCUT2D eigenvalue weighted by Crippen LogP contribution is 2.38. The number of urea groups is 1. The van der Waals surface area contributed by atoms with Gasteiger partial charge >= 0.3 is 6.03 Å². The summed E-state index contributed by atoms with van der Waals surface area (Å²) in [6.07, 6.45) is 3.21. The molecule has 0 aromatic heterocycles. The molecule has 1 aliphatic heterocycles. The molecule has 144 valence electrons. The van der Waals surface area contributed by atoms with Gasteiger partial charge in [0.1, 0.15) is 5.75 Å². The topological polar surface area (TPSA) is 74.0 Å². The van der Waals surface area contributed by atoms with Crippen LogP contribution in [0, 0.1) is 5.92 Å². The minimum atomic E-state index is -0.516. The number of amides is 2. The van der Waals surface area contributed by atoms with Crippen molar-refractivity contribution in [2.45, 2.75) is 50.8 Å². The summed E-state index contributed by atoms with van der Waals surface area (Å²) < 4.78 is 17.1. The predicted molar refractivity (Wildman–Crippen MR) is 99.1 cm³/mol. The molecule has 1 saturated heterocycles. The first-order chi connectivity index (χ1) is 12.4. The van der Waals surface area contributed by atoms with Crippen molar-refractivity contribution in [1.29, 1.82) is 0 Å². The van der Waals surface area contributed by atoms with Crippen LogP contribution >= 0.6 is 0 Å². The Morgan fingerprint density at radius 1 is 1.31 bits per heavy atom. The van der Waals surface area contributed by atoms with Crippen molar-refractivity contribution in [3.8, 4) is 5.75 Å². The fraction of sp³-hybridized carbons (Fsp3) is 0.650. The number of benzene rings is 1. The van der Waals surface area contributed by atoms with Gasteiger partial charge in [-0.15, -0.1) is 0 Å². The number of hydrogen-bond donors (Lipinski definition) is 1. The van der Waals surface area contributed by atoms with Crippen LogP contribution in [-0.2, 0) is 9.47 Å². The minimum Gasteiger partial charge on any atom is -0.497 e. The van der Waals surface area contributed by atoms with Crippen LogP contribution in [-0.4, -0.2) is 49.5 Å². The molecule has 1 aromatic carbocycles. The normalized spacial score (nSPS) is 25.1. The summed E-state index contributed by atoms with van der Waals surface area (Å²) in [5.74, 6) is 1.53. The van der Waals surface area contributed by atoms with Gasteiger partial charge in [0, 0.05) is 13.2 Å². The largest absolute Gasteiger partial charge is 0.497 e. The molecule has 6 nitrogen and oxygen atoms in total. The molecule has 2 N–H and O–H groups in total. The minimum absolute atomic E-state index is 0.108. The van der Waals surface area contributed by atoms with Crippen LogP contribution in [0.4, 0.5) is 4.79 Å². The maximum Gasteiger partial charge on any atom is 0.315 e. The fourth-order valence-corrected chi connectivity index (χ4v) is 3.71. The van der Waals surface area contributed by atoms with Gasteiger partial charge < -0.3 is 24.8 Å². The molecular formula is C20H30N2O4. The fourth-order valence-electron chi connectivity index (χ4n) is 3.71. The predicted octanol–water partition coefficient (Wildman–Crippen LogP) is 3.11. The summed E-state index contributed by atoms with van der Waals surface area (Å²) in [6.45, 7) is 5.93. The van der Waals surface area contributed by atoms with Crippen LogP contribution in [0.5, 0.6) is 5.75 Å². The van der Waals surface area contributed by atoms with Gasteiger partial charge in [-0.2, -0.15) is 0 Å². The smallest absolute Gasteiger partial charge is 0.315 e. The molecule has 3 rings (SSSR count). The SMILES string of the molecule is COc1ccc(C2COC(CCOCC3CC3)C(C)(C)N2C(N)=O)cc1. The van der Waals surface area contributed by atoms with Gasteiger partial charge in [0.25, 0.3) is 0 Å². The first-order valence-corrected chi connectivity index (χ1v) is 9.35. The van der Waals surface area contributed by atoms with E-state index in [2.05, 4.69) is 0 Å². The lowest BCUT2D eigenvalue weighted by atomic mass is 9.87. The van der Waals surface area contributed by atoms with Crippen LogP contribution in [0.1, 0.15) is 44.7 Å². The molecule has 0 bridgehead atoms. The van der Waals surface area contributed by atoms with E-state index in [-0.39, 0.29) is 12.1 Å². The quantitative estimate of drug-likeness (QED) is 0.757. The summed E-state index contributed by atoms with van der Waals surface area (Å²) in [5.41, 5.74) is 6.24. The number of ether oxygens (including phenoxy) is 3. The zero-order valence-electron chi connectivity index (χ0n) is 15.9. The lowest BCUT2D eigenvalue weighted by Gasteiger charge is -2.51. The van der Waals surface area contributed by atoms with E-state index in [4.69, 9.17) is 19.9 Å². The molecule has 26 heavy (non-hydrogen) atoms. The summed E-state index contributed by atoms with van der Waals surface area (Å²) in [4.78, 5) is 14.0. The molecule has 2 aliphatic rings. The van der Waals surface area contributed by atoms with E-state index in [1.165, 1.54) is 12.8 Å². The Bertz CT molecular complexity index is 613. The number of primary amides is 1. The van der Waals surface area contributed by atoms with Gasteiger partial charge in [-0.3, -0.25) is 0 Å². The second-order valence-electron chi connectivity index (χ2n) is 7.78. The highest BCUT2D eigenvalue weighted by Gasteiger charge is 2.46. The van der Waals surface area contributed by atoms with Crippen molar-refractivity contribution < 1.29 is 19.0 Å². The monoisotopic (exact) mass is 362 g/mol. The number of nitrogens with zero attached hydrogens (tertiary/aromatic N) is 1. The Morgan fingerprint density at radius 2 is 2.00 bits per heavy atom. The lowest BCUT2D eigenvalue weighted by molar-refractivity contribution is -0.130. The van der Waals surface area contributed by atoms with Crippen LogP contribution < -0.4 is 10.5 Å². The number of carbonyl (C=O) groups excluding carboxylic acids is 1. The van der Waals surface area contributed by atoms with Crippen LogP contribution in [0.2, 0.25) is 0 Å². The van der Waals surface area contributed by atoms with E-state index >= 15 is 0 Å². The van der Waals surface area contributed by atoms with Crippen molar-refractivity contribution in [2.75, 3.05) is 26.9 Å². The lowest BCUT2D eigenvalue weighted by Crippen LogP contribution is -2.63. The summed E-state index contributed by atoms with van der Waals surface area (Å²) in [5, 5.41) is 0. The first kappa shape index (κ1) is 19.0. The Morgan fingerprint density at radius 3 is 2.58 bits per heavy atom. The standard InChI is InChI=1S/C20H30N2O4/c1-20(2)18(10-11-25-12-14-4-5-14)26-13-17(22(20)19(21)23)15-6-8-16(24-3)9-7-15/h6-9,14,17-18H,4-5,10-13H2,1-3H3,(H2,21,23). The van der Waals surface area contributed by atoms with Crippen molar-refractivity contribution in [3.63, 3.8) is 0 Å². The number of rotatable bonds is 7. The van der Waals surface area contributed by atoms with Gasteiger partial charge in [0.05, 0.1) is 31.4 Å². The van der Waals surface area contributed by atoms with Gasteiger partial charge in [-0.25, -0.2) is 4.79 Å². The zero-order valence-corrected chi connectivity index (χ0v) is 15.9. The molecule has 1 saturated carbocycles. The number of nitrogens with two attached hydrogens (primary N) is 1. The average Bonchev–Trinajstić information content (AvgIpc) is 3.43. The third kappa shape index (κ3) is 4.13. The molecule has 1 heterocycles. The van der Waals surface area contributed by atoms with E-state index in [0.29, 0.717) is 13.2 Å². The van der Waals surface area contributed by atoms with Crippen LogP contribution in [0.3, 0.4) is 0 Å². The van der Waals surface area contributed by atoms with Gasteiger partial charge in [-0.1, -0.05) is 12.1 Å². The van der Waals surface area contributed by atoms with Crippen molar-refractivity contribution in [2.24, 2.45) is 11.7 Å². The molecular weight excluding hydrogens is 332 g/mol. The zero-order chi connectivity index (χ0) is 18.7. The molecule has 1 aromatic rings. The van der Waals surface area contributed by atoms with E-state index in [1.54, 1.807) is 12.0 Å². The van der Waals surface area contributed by atoms with Crippen LogP contribution in [0.25, 0.3) is 0 Å². The number of morpholine rings is 1. The second-order valence-corrected chi connectivity index (χ2v) is 7.78. The van der Waals surface area contributed by atoms with Crippen LogP contribution in [0.15, 0.2) is 24.3 Å². The summed E-state index contributed by atoms with van der Waals surface area (Å²) in [6, 6.07) is 7.05.